The normalized spacial score (nSPS) is 26.2. The van der Waals surface area contributed by atoms with Crippen LogP contribution in [0.1, 0.15) is 25.7 Å². The van der Waals surface area contributed by atoms with Gasteiger partial charge in [-0.3, -0.25) is 0 Å². The number of hydrogen-bond acceptors (Lipinski definition) is 4. The van der Waals surface area contributed by atoms with Gasteiger partial charge in [0.2, 0.25) is 5.95 Å². The summed E-state index contributed by atoms with van der Waals surface area (Å²) < 4.78 is 0. The Morgan fingerprint density at radius 3 is 2.73 bits per heavy atom. The summed E-state index contributed by atoms with van der Waals surface area (Å²) in [7, 11) is 0. The Morgan fingerprint density at radius 2 is 2.00 bits per heavy atom. The Hall–Kier alpha value is -1.16. The molecule has 4 nitrogen and oxygen atoms in total. The molecule has 1 aromatic rings. The Kier molecular flexibility index (Phi) is 3.50. The van der Waals surface area contributed by atoms with Gasteiger partial charge in [0.1, 0.15) is 0 Å². The fourth-order valence-electron chi connectivity index (χ4n) is 2.10. The first-order chi connectivity index (χ1) is 7.36. The molecule has 0 aliphatic heterocycles. The first-order valence-electron chi connectivity index (χ1n) is 5.63. The van der Waals surface area contributed by atoms with E-state index in [0.29, 0.717) is 17.9 Å². The van der Waals surface area contributed by atoms with E-state index in [4.69, 9.17) is 5.73 Å². The topological polar surface area (TPSA) is 63.8 Å². The van der Waals surface area contributed by atoms with Crippen LogP contribution in [0.2, 0.25) is 0 Å². The van der Waals surface area contributed by atoms with E-state index in [0.717, 1.165) is 13.0 Å². The van der Waals surface area contributed by atoms with E-state index in [9.17, 15) is 0 Å². The van der Waals surface area contributed by atoms with Crippen LogP contribution in [0.15, 0.2) is 18.5 Å². The van der Waals surface area contributed by atoms with Crippen molar-refractivity contribution in [3.63, 3.8) is 0 Å². The van der Waals surface area contributed by atoms with E-state index >= 15 is 0 Å². The van der Waals surface area contributed by atoms with Crippen molar-refractivity contribution >= 4 is 5.95 Å². The molecule has 1 aliphatic carbocycles. The monoisotopic (exact) mass is 206 g/mol. The van der Waals surface area contributed by atoms with Crippen molar-refractivity contribution in [2.75, 3.05) is 11.9 Å². The first-order valence-corrected chi connectivity index (χ1v) is 5.63. The van der Waals surface area contributed by atoms with Crippen LogP contribution < -0.4 is 11.1 Å². The van der Waals surface area contributed by atoms with Crippen molar-refractivity contribution in [2.24, 2.45) is 11.7 Å². The summed E-state index contributed by atoms with van der Waals surface area (Å²) in [6, 6.07) is 2.16. The number of anilines is 1. The van der Waals surface area contributed by atoms with Gasteiger partial charge in [-0.15, -0.1) is 0 Å². The standard InChI is InChI=1S/C11H18N4/c12-10-5-2-1-4-9(10)8-15-11-13-6-3-7-14-11/h3,6-7,9-10H,1-2,4-5,8,12H2,(H,13,14,15). The zero-order chi connectivity index (χ0) is 10.5. The van der Waals surface area contributed by atoms with E-state index in [-0.39, 0.29) is 0 Å². The first kappa shape index (κ1) is 10.4. The molecule has 2 unspecified atom stereocenters. The van der Waals surface area contributed by atoms with Crippen LogP contribution in [-0.4, -0.2) is 22.6 Å². The molecule has 2 rings (SSSR count). The molecule has 1 aromatic heterocycles. The van der Waals surface area contributed by atoms with E-state index in [2.05, 4.69) is 15.3 Å². The molecule has 4 heteroatoms. The summed E-state index contributed by atoms with van der Waals surface area (Å²) in [6.07, 6.45) is 8.45. The molecule has 0 amide bonds. The van der Waals surface area contributed by atoms with Crippen molar-refractivity contribution in [1.29, 1.82) is 0 Å². The highest BCUT2D eigenvalue weighted by Crippen LogP contribution is 2.22. The lowest BCUT2D eigenvalue weighted by molar-refractivity contribution is 0.321. The highest BCUT2D eigenvalue weighted by atomic mass is 15.1. The Bertz CT molecular complexity index is 288. The molecule has 0 radical (unpaired) electrons. The molecule has 1 aliphatic rings. The van der Waals surface area contributed by atoms with Crippen molar-refractivity contribution in [3.05, 3.63) is 18.5 Å². The van der Waals surface area contributed by atoms with Gasteiger partial charge in [-0.25, -0.2) is 9.97 Å². The molecule has 1 heterocycles. The van der Waals surface area contributed by atoms with Gasteiger partial charge in [0.25, 0.3) is 0 Å². The minimum Gasteiger partial charge on any atom is -0.354 e. The Balaban J connectivity index is 1.82. The number of nitrogens with one attached hydrogen (secondary N) is 1. The van der Waals surface area contributed by atoms with Crippen LogP contribution in [-0.2, 0) is 0 Å². The lowest BCUT2D eigenvalue weighted by Crippen LogP contribution is -2.37. The average molecular weight is 206 g/mol. The second-order valence-electron chi connectivity index (χ2n) is 4.16. The molecule has 0 aromatic carbocycles. The van der Waals surface area contributed by atoms with Gasteiger partial charge in [-0.05, 0) is 24.8 Å². The summed E-state index contributed by atoms with van der Waals surface area (Å²) >= 11 is 0. The highest BCUT2D eigenvalue weighted by molar-refractivity contribution is 5.22. The molecular formula is C11H18N4. The highest BCUT2D eigenvalue weighted by Gasteiger charge is 2.21. The third-order valence-electron chi connectivity index (χ3n) is 3.06. The summed E-state index contributed by atoms with van der Waals surface area (Å²) in [5.41, 5.74) is 6.06. The van der Waals surface area contributed by atoms with Crippen LogP contribution in [0.4, 0.5) is 5.95 Å². The molecule has 1 saturated carbocycles. The molecule has 0 bridgehead atoms. The van der Waals surface area contributed by atoms with Crippen molar-refractivity contribution in [1.82, 2.24) is 9.97 Å². The lowest BCUT2D eigenvalue weighted by Gasteiger charge is -2.28. The fraction of sp³-hybridized carbons (Fsp3) is 0.636. The van der Waals surface area contributed by atoms with Gasteiger partial charge in [-0.1, -0.05) is 12.8 Å². The number of nitrogens with two attached hydrogens (primary N) is 1. The van der Waals surface area contributed by atoms with Crippen molar-refractivity contribution < 1.29 is 0 Å². The third-order valence-corrected chi connectivity index (χ3v) is 3.06. The lowest BCUT2D eigenvalue weighted by atomic mass is 9.85. The SMILES string of the molecule is NC1CCCCC1CNc1ncccn1. The molecule has 0 saturated heterocycles. The van der Waals surface area contributed by atoms with E-state index in [1.54, 1.807) is 12.4 Å². The minimum atomic E-state index is 0.343. The zero-order valence-electron chi connectivity index (χ0n) is 8.89. The predicted molar refractivity (Wildman–Crippen MR) is 60.5 cm³/mol. The molecule has 3 N–H and O–H groups in total. The fourth-order valence-corrected chi connectivity index (χ4v) is 2.10. The number of rotatable bonds is 3. The summed E-state index contributed by atoms with van der Waals surface area (Å²) in [5.74, 6) is 1.28. The molecule has 1 fully saturated rings. The van der Waals surface area contributed by atoms with E-state index in [1.807, 2.05) is 6.07 Å². The summed E-state index contributed by atoms with van der Waals surface area (Å²) in [6.45, 7) is 0.894. The molecular weight excluding hydrogens is 188 g/mol. The van der Waals surface area contributed by atoms with E-state index < -0.39 is 0 Å². The maximum Gasteiger partial charge on any atom is 0.222 e. The maximum absolute atomic E-state index is 6.06. The van der Waals surface area contributed by atoms with Crippen LogP contribution in [0, 0.1) is 5.92 Å². The van der Waals surface area contributed by atoms with Gasteiger partial charge < -0.3 is 11.1 Å². The van der Waals surface area contributed by atoms with Gasteiger partial charge >= 0.3 is 0 Å². The van der Waals surface area contributed by atoms with Gasteiger partial charge in [0, 0.05) is 25.0 Å². The molecule has 15 heavy (non-hydrogen) atoms. The second-order valence-corrected chi connectivity index (χ2v) is 4.16. The second kappa shape index (κ2) is 5.07. The predicted octanol–water partition coefficient (Wildman–Crippen LogP) is 1.41. The van der Waals surface area contributed by atoms with Crippen LogP contribution in [0.5, 0.6) is 0 Å². The van der Waals surface area contributed by atoms with Gasteiger partial charge in [-0.2, -0.15) is 0 Å². The number of aromatic nitrogens is 2. The average Bonchev–Trinajstić information content (AvgIpc) is 2.29. The van der Waals surface area contributed by atoms with Crippen LogP contribution in [0.3, 0.4) is 0 Å². The molecule has 82 valence electrons. The van der Waals surface area contributed by atoms with Gasteiger partial charge in [0.05, 0.1) is 0 Å². The minimum absolute atomic E-state index is 0.343. The third kappa shape index (κ3) is 2.89. The van der Waals surface area contributed by atoms with Crippen molar-refractivity contribution in [3.8, 4) is 0 Å². The quantitative estimate of drug-likeness (QED) is 0.784. The largest absolute Gasteiger partial charge is 0.354 e. The summed E-state index contributed by atoms with van der Waals surface area (Å²) in [4.78, 5) is 8.25. The number of nitrogens with zero attached hydrogens (tertiary/aromatic N) is 2. The Morgan fingerprint density at radius 1 is 1.27 bits per heavy atom. The number of hydrogen-bond donors (Lipinski definition) is 2. The zero-order valence-corrected chi connectivity index (χ0v) is 8.89. The van der Waals surface area contributed by atoms with Crippen LogP contribution in [0.25, 0.3) is 0 Å². The smallest absolute Gasteiger partial charge is 0.222 e. The summed E-state index contributed by atoms with van der Waals surface area (Å²) in [5, 5.41) is 3.24. The molecule has 0 spiro atoms. The molecule has 2 atom stereocenters. The van der Waals surface area contributed by atoms with E-state index in [1.165, 1.54) is 19.3 Å². The van der Waals surface area contributed by atoms with Crippen molar-refractivity contribution in [2.45, 2.75) is 31.7 Å². The van der Waals surface area contributed by atoms with Gasteiger partial charge in [0.15, 0.2) is 0 Å². The maximum atomic E-state index is 6.06. The Labute approximate surface area is 90.3 Å². The van der Waals surface area contributed by atoms with Crippen LogP contribution >= 0.6 is 0 Å².